The highest BCUT2D eigenvalue weighted by Gasteiger charge is 2.68. The molecule has 2 nitrogen and oxygen atoms in total. The second-order valence-corrected chi connectivity index (χ2v) is 5.47. The Morgan fingerprint density at radius 2 is 1.62 bits per heavy atom. The smallest absolute Gasteiger partial charge is 0.404 e. The Labute approximate surface area is 138 Å². The molecule has 0 bridgehead atoms. The van der Waals surface area contributed by atoms with E-state index in [4.69, 9.17) is 17.3 Å². The Kier molecular flexibility index (Phi) is 5.90. The van der Waals surface area contributed by atoms with Crippen LogP contribution in [-0.2, 0) is 5.41 Å². The normalized spacial score (nSPS) is 15.5. The third-order valence-corrected chi connectivity index (χ3v) is 4.20. The number of nitrogen functional groups attached to an aromatic ring is 1. The number of ether oxygens (including phenoxy) is 1. The van der Waals surface area contributed by atoms with Crippen LogP contribution in [0.2, 0.25) is 5.02 Å². The maximum atomic E-state index is 14.3. The molecule has 0 aliphatic rings. The molecule has 1 rings (SSSR count). The number of hydrogen-bond donors (Lipinski definition) is 1. The summed E-state index contributed by atoms with van der Waals surface area (Å²) in [5, 5.41) is -0.586. The van der Waals surface area contributed by atoms with E-state index in [9.17, 15) is 30.7 Å². The van der Waals surface area contributed by atoms with Crippen molar-refractivity contribution in [1.82, 2.24) is 0 Å². The molecule has 24 heavy (non-hydrogen) atoms. The van der Waals surface area contributed by atoms with E-state index in [-0.39, 0.29) is 0 Å². The van der Waals surface area contributed by atoms with Crippen LogP contribution in [-0.4, -0.2) is 18.7 Å². The van der Waals surface area contributed by atoms with Crippen LogP contribution in [0.3, 0.4) is 0 Å². The van der Waals surface area contributed by atoms with E-state index in [1.165, 1.54) is 0 Å². The Bertz CT molecular complexity index is 591. The molecule has 138 valence electrons. The standard InChI is InChI=1S/C14H15ClF7NO/c1-3-12(14(20,21)22,13(18,19)4-2)7-5-8(15)10(23)9(6-7)24-11(16)17/h5-6,11H,3-4,23H2,1-2H3. The van der Waals surface area contributed by atoms with Crippen LogP contribution in [0.1, 0.15) is 32.3 Å². The van der Waals surface area contributed by atoms with Crippen molar-refractivity contribution >= 4 is 17.3 Å². The van der Waals surface area contributed by atoms with Gasteiger partial charge in [-0.3, -0.25) is 0 Å². The minimum atomic E-state index is -5.37. The number of anilines is 1. The molecule has 1 atom stereocenters. The Morgan fingerprint density at radius 3 is 2.00 bits per heavy atom. The molecule has 0 heterocycles. The van der Waals surface area contributed by atoms with Crippen molar-refractivity contribution in [3.8, 4) is 5.75 Å². The highest BCUT2D eigenvalue weighted by Crippen LogP contribution is 2.56. The third-order valence-electron chi connectivity index (χ3n) is 3.88. The van der Waals surface area contributed by atoms with Gasteiger partial charge in [-0.05, 0) is 24.1 Å². The Morgan fingerprint density at radius 1 is 1.08 bits per heavy atom. The van der Waals surface area contributed by atoms with Gasteiger partial charge in [0.15, 0.2) is 11.2 Å². The first-order valence-electron chi connectivity index (χ1n) is 6.82. The molecule has 0 aromatic heterocycles. The summed E-state index contributed by atoms with van der Waals surface area (Å²) in [5.41, 5.74) is 0.208. The van der Waals surface area contributed by atoms with Gasteiger partial charge < -0.3 is 10.5 Å². The van der Waals surface area contributed by atoms with Crippen LogP contribution in [0.15, 0.2) is 12.1 Å². The molecular weight excluding hydrogens is 367 g/mol. The van der Waals surface area contributed by atoms with Gasteiger partial charge in [0, 0.05) is 6.42 Å². The summed E-state index contributed by atoms with van der Waals surface area (Å²) in [6.07, 6.45) is -7.53. The van der Waals surface area contributed by atoms with E-state index in [2.05, 4.69) is 4.74 Å². The summed E-state index contributed by atoms with van der Waals surface area (Å²) in [6, 6.07) is 1.05. The first kappa shape index (κ1) is 20.7. The summed E-state index contributed by atoms with van der Waals surface area (Å²) in [7, 11) is 0. The Balaban J connectivity index is 3.76. The number of halogens is 8. The molecule has 0 fully saturated rings. The lowest BCUT2D eigenvalue weighted by Gasteiger charge is -2.41. The van der Waals surface area contributed by atoms with Gasteiger partial charge in [-0.15, -0.1) is 0 Å². The van der Waals surface area contributed by atoms with Gasteiger partial charge in [-0.25, -0.2) is 8.78 Å². The lowest BCUT2D eigenvalue weighted by atomic mass is 9.71. The molecule has 1 unspecified atom stereocenters. The molecule has 0 aliphatic heterocycles. The van der Waals surface area contributed by atoms with Crippen LogP contribution < -0.4 is 10.5 Å². The lowest BCUT2D eigenvalue weighted by molar-refractivity contribution is -0.262. The molecule has 0 saturated heterocycles. The van der Waals surface area contributed by atoms with Gasteiger partial charge in [0.25, 0.3) is 5.92 Å². The quantitative estimate of drug-likeness (QED) is 0.501. The fraction of sp³-hybridized carbons (Fsp3) is 0.571. The second-order valence-electron chi connectivity index (χ2n) is 5.06. The van der Waals surface area contributed by atoms with Crippen molar-refractivity contribution in [3.63, 3.8) is 0 Å². The first-order valence-corrected chi connectivity index (χ1v) is 7.20. The molecule has 0 amide bonds. The fourth-order valence-electron chi connectivity index (χ4n) is 2.58. The molecule has 1 aromatic carbocycles. The molecule has 0 radical (unpaired) electrons. The summed E-state index contributed by atoms with van der Waals surface area (Å²) in [5.74, 6) is -5.09. The molecule has 10 heteroatoms. The summed E-state index contributed by atoms with van der Waals surface area (Å²) in [4.78, 5) is 0. The van der Waals surface area contributed by atoms with E-state index in [1.807, 2.05) is 0 Å². The molecule has 0 aliphatic carbocycles. The number of nitrogens with two attached hydrogens (primary N) is 1. The van der Waals surface area contributed by atoms with Gasteiger partial charge >= 0.3 is 12.8 Å². The van der Waals surface area contributed by atoms with Crippen LogP contribution in [0.4, 0.5) is 36.4 Å². The summed E-state index contributed by atoms with van der Waals surface area (Å²) in [6.45, 7) is -1.59. The molecule has 0 saturated carbocycles. The van der Waals surface area contributed by atoms with Crippen LogP contribution >= 0.6 is 11.6 Å². The van der Waals surface area contributed by atoms with Crippen LogP contribution in [0.5, 0.6) is 5.75 Å². The minimum Gasteiger partial charge on any atom is -0.433 e. The van der Waals surface area contributed by atoms with Crippen molar-refractivity contribution in [1.29, 1.82) is 0 Å². The van der Waals surface area contributed by atoms with Crippen molar-refractivity contribution in [3.05, 3.63) is 22.7 Å². The fourth-order valence-corrected chi connectivity index (χ4v) is 2.79. The summed E-state index contributed by atoms with van der Waals surface area (Å²) < 4.78 is 98.3. The summed E-state index contributed by atoms with van der Waals surface area (Å²) >= 11 is 5.65. The predicted octanol–water partition coefficient (Wildman–Crippen LogP) is 5.78. The van der Waals surface area contributed by atoms with Crippen molar-refractivity contribution in [2.24, 2.45) is 0 Å². The van der Waals surface area contributed by atoms with Gasteiger partial charge in [0.1, 0.15) is 0 Å². The largest absolute Gasteiger partial charge is 0.433 e. The highest BCUT2D eigenvalue weighted by molar-refractivity contribution is 6.33. The van der Waals surface area contributed by atoms with Gasteiger partial charge in [-0.2, -0.15) is 22.0 Å². The molecule has 0 spiro atoms. The number of hydrogen-bond acceptors (Lipinski definition) is 2. The number of rotatable bonds is 6. The average Bonchev–Trinajstić information content (AvgIpc) is 2.43. The van der Waals surface area contributed by atoms with Crippen molar-refractivity contribution in [2.45, 2.75) is 50.8 Å². The van der Waals surface area contributed by atoms with E-state index < -0.39 is 59.0 Å². The van der Waals surface area contributed by atoms with Gasteiger partial charge in [0.05, 0.1) is 10.7 Å². The highest BCUT2D eigenvalue weighted by atomic mass is 35.5. The van der Waals surface area contributed by atoms with E-state index in [1.54, 1.807) is 0 Å². The monoisotopic (exact) mass is 381 g/mol. The average molecular weight is 382 g/mol. The van der Waals surface area contributed by atoms with Crippen molar-refractivity contribution < 1.29 is 35.5 Å². The van der Waals surface area contributed by atoms with E-state index in [0.29, 0.717) is 12.1 Å². The zero-order valence-electron chi connectivity index (χ0n) is 12.7. The third kappa shape index (κ3) is 3.36. The molecule has 2 N–H and O–H groups in total. The zero-order chi connectivity index (χ0) is 18.9. The van der Waals surface area contributed by atoms with E-state index >= 15 is 0 Å². The number of alkyl halides is 7. The van der Waals surface area contributed by atoms with Gasteiger partial charge in [-0.1, -0.05) is 25.4 Å². The van der Waals surface area contributed by atoms with Gasteiger partial charge in [0.2, 0.25) is 0 Å². The second kappa shape index (κ2) is 6.85. The van der Waals surface area contributed by atoms with E-state index in [0.717, 1.165) is 13.8 Å². The predicted molar refractivity (Wildman–Crippen MR) is 75.8 cm³/mol. The SMILES string of the molecule is CCC(F)(F)C(CC)(c1cc(Cl)c(N)c(OC(F)F)c1)C(F)(F)F. The zero-order valence-corrected chi connectivity index (χ0v) is 13.4. The first-order chi connectivity index (χ1) is 10.8. The number of benzene rings is 1. The van der Waals surface area contributed by atoms with Crippen molar-refractivity contribution in [2.75, 3.05) is 5.73 Å². The van der Waals surface area contributed by atoms with Crippen LogP contribution in [0, 0.1) is 0 Å². The van der Waals surface area contributed by atoms with Crippen LogP contribution in [0.25, 0.3) is 0 Å². The maximum absolute atomic E-state index is 14.3. The molecule has 1 aromatic rings. The topological polar surface area (TPSA) is 35.2 Å². The lowest BCUT2D eigenvalue weighted by Crippen LogP contribution is -2.55. The molecular formula is C14H15ClF7NO. The maximum Gasteiger partial charge on any atom is 0.404 e. The minimum absolute atomic E-state index is 0.438. The Hall–Kier alpha value is -1.38.